The third-order valence-electron chi connectivity index (χ3n) is 3.41. The SMILES string of the molecule is CCCCCCCC(O)OCCOCCOCCOCCOCC. The molecule has 0 aromatic rings. The van der Waals surface area contributed by atoms with Gasteiger partial charge in [-0.2, -0.15) is 0 Å². The first-order valence-electron chi connectivity index (χ1n) is 9.41. The van der Waals surface area contributed by atoms with Gasteiger partial charge in [-0.3, -0.25) is 0 Å². The predicted molar refractivity (Wildman–Crippen MR) is 94.3 cm³/mol. The highest BCUT2D eigenvalue weighted by Crippen LogP contribution is 2.07. The van der Waals surface area contributed by atoms with E-state index in [2.05, 4.69) is 6.92 Å². The van der Waals surface area contributed by atoms with Crippen LogP contribution in [0, 0.1) is 0 Å². The average Bonchev–Trinajstić information content (AvgIpc) is 2.59. The van der Waals surface area contributed by atoms with Gasteiger partial charge >= 0.3 is 0 Å². The van der Waals surface area contributed by atoms with Gasteiger partial charge in [0, 0.05) is 6.61 Å². The zero-order valence-electron chi connectivity index (χ0n) is 15.7. The standard InChI is InChI=1S/C18H38O6/c1-3-5-6-7-8-9-18(19)24-17-16-23-15-14-22-13-12-21-11-10-20-4-2/h18-19H,3-17H2,1-2H3. The van der Waals surface area contributed by atoms with E-state index in [0.29, 0.717) is 59.3 Å². The number of unbranched alkanes of at least 4 members (excludes halogenated alkanes) is 4. The molecule has 0 rings (SSSR count). The molecule has 0 saturated carbocycles. The summed E-state index contributed by atoms with van der Waals surface area (Å²) in [5, 5.41) is 9.66. The van der Waals surface area contributed by atoms with Crippen molar-refractivity contribution in [3.8, 4) is 0 Å². The Labute approximate surface area is 147 Å². The second-order valence-corrected chi connectivity index (χ2v) is 5.56. The maximum absolute atomic E-state index is 9.66. The van der Waals surface area contributed by atoms with Crippen molar-refractivity contribution in [1.29, 1.82) is 0 Å². The Morgan fingerprint density at radius 2 is 1.12 bits per heavy atom. The first kappa shape index (κ1) is 23.8. The van der Waals surface area contributed by atoms with Gasteiger partial charge in [0.1, 0.15) is 0 Å². The van der Waals surface area contributed by atoms with E-state index in [1.807, 2.05) is 6.92 Å². The molecule has 0 bridgehead atoms. The Morgan fingerprint density at radius 1 is 0.625 bits per heavy atom. The van der Waals surface area contributed by atoms with Crippen LogP contribution >= 0.6 is 0 Å². The Bertz CT molecular complexity index is 228. The van der Waals surface area contributed by atoms with Crippen LogP contribution in [0.5, 0.6) is 0 Å². The minimum Gasteiger partial charge on any atom is -0.379 e. The van der Waals surface area contributed by atoms with Crippen molar-refractivity contribution in [2.45, 2.75) is 58.7 Å². The Hall–Kier alpha value is -0.240. The van der Waals surface area contributed by atoms with Crippen LogP contribution in [0.25, 0.3) is 0 Å². The third kappa shape index (κ3) is 19.8. The molecule has 0 fully saturated rings. The summed E-state index contributed by atoms with van der Waals surface area (Å²) in [7, 11) is 0. The van der Waals surface area contributed by atoms with E-state index in [9.17, 15) is 5.11 Å². The molecule has 24 heavy (non-hydrogen) atoms. The molecule has 0 aromatic carbocycles. The maximum atomic E-state index is 9.66. The minimum absolute atomic E-state index is 0.413. The van der Waals surface area contributed by atoms with Crippen molar-refractivity contribution in [1.82, 2.24) is 0 Å². The number of hydrogen-bond acceptors (Lipinski definition) is 6. The fourth-order valence-corrected chi connectivity index (χ4v) is 2.05. The van der Waals surface area contributed by atoms with Gasteiger partial charge in [-0.25, -0.2) is 0 Å². The smallest absolute Gasteiger partial charge is 0.154 e. The molecular weight excluding hydrogens is 312 g/mol. The molecule has 6 heteroatoms. The summed E-state index contributed by atoms with van der Waals surface area (Å²) >= 11 is 0. The van der Waals surface area contributed by atoms with Gasteiger partial charge in [-0.1, -0.05) is 32.6 Å². The molecule has 1 unspecified atom stereocenters. The zero-order valence-corrected chi connectivity index (χ0v) is 15.7. The van der Waals surface area contributed by atoms with E-state index < -0.39 is 6.29 Å². The van der Waals surface area contributed by atoms with E-state index >= 15 is 0 Å². The summed E-state index contributed by atoms with van der Waals surface area (Å²) in [6.45, 7) is 9.18. The molecule has 0 heterocycles. The van der Waals surface area contributed by atoms with E-state index in [0.717, 1.165) is 19.4 Å². The normalized spacial score (nSPS) is 12.6. The van der Waals surface area contributed by atoms with E-state index in [1.165, 1.54) is 19.3 Å². The first-order chi connectivity index (χ1) is 11.8. The van der Waals surface area contributed by atoms with Gasteiger partial charge < -0.3 is 28.8 Å². The number of ether oxygens (including phenoxy) is 5. The number of aliphatic hydroxyl groups is 1. The molecule has 0 aromatic heterocycles. The third-order valence-corrected chi connectivity index (χ3v) is 3.41. The van der Waals surface area contributed by atoms with Gasteiger partial charge in [0.2, 0.25) is 0 Å². The topological polar surface area (TPSA) is 66.4 Å². The van der Waals surface area contributed by atoms with Crippen LogP contribution in [-0.4, -0.2) is 70.9 Å². The maximum Gasteiger partial charge on any atom is 0.154 e. The Morgan fingerprint density at radius 3 is 1.67 bits per heavy atom. The molecule has 0 amide bonds. The summed E-state index contributed by atoms with van der Waals surface area (Å²) in [4.78, 5) is 0. The molecule has 0 spiro atoms. The highest BCUT2D eigenvalue weighted by atomic mass is 16.6. The van der Waals surface area contributed by atoms with Crippen LogP contribution in [0.15, 0.2) is 0 Å². The molecule has 1 N–H and O–H groups in total. The average molecular weight is 350 g/mol. The Kier molecular flexibility index (Phi) is 20.6. The number of rotatable bonds is 20. The molecule has 1 atom stereocenters. The number of aliphatic hydroxyl groups excluding tert-OH is 1. The highest BCUT2D eigenvalue weighted by Gasteiger charge is 2.03. The lowest BCUT2D eigenvalue weighted by molar-refractivity contribution is -0.118. The molecule has 0 saturated heterocycles. The zero-order chi connectivity index (χ0) is 17.7. The summed E-state index contributed by atoms with van der Waals surface area (Å²) < 4.78 is 26.5. The van der Waals surface area contributed by atoms with Gasteiger partial charge in [0.15, 0.2) is 6.29 Å². The molecule has 0 aliphatic rings. The fraction of sp³-hybridized carbons (Fsp3) is 1.00. The lowest BCUT2D eigenvalue weighted by Crippen LogP contribution is -2.17. The van der Waals surface area contributed by atoms with Crippen LogP contribution in [0.1, 0.15) is 52.4 Å². The summed E-state index contributed by atoms with van der Waals surface area (Å²) in [5.41, 5.74) is 0. The van der Waals surface area contributed by atoms with Gasteiger partial charge in [0.25, 0.3) is 0 Å². The van der Waals surface area contributed by atoms with E-state index in [1.54, 1.807) is 0 Å². The summed E-state index contributed by atoms with van der Waals surface area (Å²) in [6, 6.07) is 0. The van der Waals surface area contributed by atoms with Crippen molar-refractivity contribution in [3.05, 3.63) is 0 Å². The largest absolute Gasteiger partial charge is 0.379 e. The number of hydrogen-bond donors (Lipinski definition) is 1. The first-order valence-corrected chi connectivity index (χ1v) is 9.41. The molecule has 0 radical (unpaired) electrons. The summed E-state index contributed by atoms with van der Waals surface area (Å²) in [5.74, 6) is 0. The minimum atomic E-state index is -0.666. The highest BCUT2D eigenvalue weighted by molar-refractivity contribution is 4.47. The van der Waals surface area contributed by atoms with Crippen LogP contribution < -0.4 is 0 Å². The second-order valence-electron chi connectivity index (χ2n) is 5.56. The molecular formula is C18H38O6. The van der Waals surface area contributed by atoms with Gasteiger partial charge in [-0.15, -0.1) is 0 Å². The molecule has 0 aliphatic heterocycles. The second kappa shape index (κ2) is 20.8. The fourth-order valence-electron chi connectivity index (χ4n) is 2.05. The van der Waals surface area contributed by atoms with Crippen molar-refractivity contribution in [3.63, 3.8) is 0 Å². The molecule has 146 valence electrons. The van der Waals surface area contributed by atoms with Crippen LogP contribution in [0.2, 0.25) is 0 Å². The van der Waals surface area contributed by atoms with Crippen molar-refractivity contribution in [2.24, 2.45) is 0 Å². The van der Waals surface area contributed by atoms with E-state index in [-0.39, 0.29) is 0 Å². The molecule has 0 aliphatic carbocycles. The predicted octanol–water partition coefficient (Wildman–Crippen LogP) is 2.77. The van der Waals surface area contributed by atoms with Crippen LogP contribution in [0.3, 0.4) is 0 Å². The van der Waals surface area contributed by atoms with Crippen LogP contribution in [-0.2, 0) is 23.7 Å². The van der Waals surface area contributed by atoms with Crippen molar-refractivity contribution in [2.75, 3.05) is 59.5 Å². The lowest BCUT2D eigenvalue weighted by atomic mass is 10.1. The van der Waals surface area contributed by atoms with Crippen molar-refractivity contribution < 1.29 is 28.8 Å². The van der Waals surface area contributed by atoms with Gasteiger partial charge in [0.05, 0.1) is 52.9 Å². The van der Waals surface area contributed by atoms with E-state index in [4.69, 9.17) is 23.7 Å². The quantitative estimate of drug-likeness (QED) is 0.269. The van der Waals surface area contributed by atoms with Gasteiger partial charge in [-0.05, 0) is 19.8 Å². The monoisotopic (exact) mass is 350 g/mol. The van der Waals surface area contributed by atoms with Crippen molar-refractivity contribution >= 4 is 0 Å². The Balaban J connectivity index is 3.08. The van der Waals surface area contributed by atoms with Crippen LogP contribution in [0.4, 0.5) is 0 Å². The lowest BCUT2D eigenvalue weighted by Gasteiger charge is -2.12. The summed E-state index contributed by atoms with van der Waals surface area (Å²) in [6.07, 6.45) is 5.97. The molecule has 6 nitrogen and oxygen atoms in total.